The number of hydrogen-bond acceptors (Lipinski definition) is 2. The molecule has 3 heteroatoms. The number of rotatable bonds is 3. The SMILES string of the molecule is NC([C]=O)Cc1ccc(I)cc1. The fourth-order valence-corrected chi connectivity index (χ4v) is 1.28. The molecule has 12 heavy (non-hydrogen) atoms. The van der Waals surface area contributed by atoms with Crippen LogP contribution in [-0.2, 0) is 11.2 Å². The zero-order chi connectivity index (χ0) is 8.97. The van der Waals surface area contributed by atoms with Gasteiger partial charge in [0.15, 0.2) is 0 Å². The summed E-state index contributed by atoms with van der Waals surface area (Å²) in [5.74, 6) is 0. The molecule has 1 aromatic carbocycles. The molecule has 0 fully saturated rings. The normalized spacial score (nSPS) is 12.5. The third kappa shape index (κ3) is 2.91. The van der Waals surface area contributed by atoms with Crippen LogP contribution in [0.2, 0.25) is 0 Å². The Kier molecular flexibility index (Phi) is 3.68. The molecule has 0 aliphatic rings. The van der Waals surface area contributed by atoms with E-state index >= 15 is 0 Å². The molecule has 63 valence electrons. The zero-order valence-corrected chi connectivity index (χ0v) is 8.61. The van der Waals surface area contributed by atoms with E-state index in [2.05, 4.69) is 22.6 Å². The molecule has 0 aliphatic heterocycles. The maximum Gasteiger partial charge on any atom is 0.217 e. The van der Waals surface area contributed by atoms with Gasteiger partial charge in [-0.3, -0.25) is 4.79 Å². The summed E-state index contributed by atoms with van der Waals surface area (Å²) < 4.78 is 1.18. The van der Waals surface area contributed by atoms with E-state index in [1.165, 1.54) is 3.57 Å². The first-order valence-corrected chi connectivity index (χ1v) is 4.68. The van der Waals surface area contributed by atoms with Gasteiger partial charge in [0.05, 0.1) is 6.04 Å². The molecule has 1 unspecified atom stereocenters. The van der Waals surface area contributed by atoms with Gasteiger partial charge >= 0.3 is 0 Å². The van der Waals surface area contributed by atoms with E-state index in [4.69, 9.17) is 5.73 Å². The summed E-state index contributed by atoms with van der Waals surface area (Å²) in [6, 6.07) is 7.43. The molecule has 0 saturated heterocycles. The standard InChI is InChI=1S/C9H9INO/c10-8-3-1-7(2-4-8)5-9(11)6-12/h1-4,9H,5,11H2. The molecule has 0 bridgehead atoms. The van der Waals surface area contributed by atoms with Crippen molar-refractivity contribution in [1.29, 1.82) is 0 Å². The fourth-order valence-electron chi connectivity index (χ4n) is 0.916. The fraction of sp³-hybridized carbons (Fsp3) is 0.222. The van der Waals surface area contributed by atoms with Gasteiger partial charge in [0.25, 0.3) is 0 Å². The van der Waals surface area contributed by atoms with Crippen molar-refractivity contribution in [3.05, 3.63) is 33.4 Å². The van der Waals surface area contributed by atoms with Gasteiger partial charge in [-0.25, -0.2) is 0 Å². The summed E-state index contributed by atoms with van der Waals surface area (Å²) >= 11 is 2.23. The zero-order valence-electron chi connectivity index (χ0n) is 6.46. The van der Waals surface area contributed by atoms with Crippen LogP contribution in [0, 0.1) is 3.57 Å². The quantitative estimate of drug-likeness (QED) is 0.843. The summed E-state index contributed by atoms with van der Waals surface area (Å²) in [7, 11) is 0. The van der Waals surface area contributed by atoms with Crippen molar-refractivity contribution < 1.29 is 4.79 Å². The third-order valence-electron chi connectivity index (χ3n) is 1.52. The van der Waals surface area contributed by atoms with Crippen molar-refractivity contribution in [1.82, 2.24) is 0 Å². The summed E-state index contributed by atoms with van der Waals surface area (Å²) in [4.78, 5) is 10.1. The Morgan fingerprint density at radius 1 is 1.42 bits per heavy atom. The molecule has 2 N–H and O–H groups in total. The number of halogens is 1. The van der Waals surface area contributed by atoms with Gasteiger partial charge in [-0.05, 0) is 46.7 Å². The van der Waals surface area contributed by atoms with Crippen LogP contribution in [0.5, 0.6) is 0 Å². The molecule has 0 amide bonds. The average Bonchev–Trinajstić information content (AvgIpc) is 2.09. The van der Waals surface area contributed by atoms with E-state index in [1.807, 2.05) is 24.3 Å². The Bertz CT molecular complexity index is 258. The lowest BCUT2D eigenvalue weighted by Crippen LogP contribution is -2.23. The first-order chi connectivity index (χ1) is 5.72. The highest BCUT2D eigenvalue weighted by Gasteiger charge is 2.01. The number of carbonyl (C=O) groups excluding carboxylic acids is 1. The molecule has 1 aromatic rings. The van der Waals surface area contributed by atoms with E-state index in [-0.39, 0.29) is 0 Å². The minimum atomic E-state index is -0.495. The van der Waals surface area contributed by atoms with Crippen molar-refractivity contribution in [3.8, 4) is 0 Å². The van der Waals surface area contributed by atoms with Crippen LogP contribution in [0.3, 0.4) is 0 Å². The number of hydrogen-bond donors (Lipinski definition) is 1. The highest BCUT2D eigenvalue weighted by Crippen LogP contribution is 2.07. The van der Waals surface area contributed by atoms with Crippen LogP contribution in [0.4, 0.5) is 0 Å². The second-order valence-corrected chi connectivity index (χ2v) is 3.80. The Balaban J connectivity index is 2.64. The van der Waals surface area contributed by atoms with E-state index in [0.29, 0.717) is 6.42 Å². The maximum atomic E-state index is 10.1. The van der Waals surface area contributed by atoms with Crippen LogP contribution >= 0.6 is 22.6 Å². The molecule has 1 rings (SSSR count). The van der Waals surface area contributed by atoms with Crippen molar-refractivity contribution in [2.75, 3.05) is 0 Å². The monoisotopic (exact) mass is 274 g/mol. The van der Waals surface area contributed by atoms with E-state index in [0.717, 1.165) is 5.56 Å². The van der Waals surface area contributed by atoms with Gasteiger partial charge in [0.2, 0.25) is 6.29 Å². The van der Waals surface area contributed by atoms with Crippen LogP contribution in [0.1, 0.15) is 5.56 Å². The van der Waals surface area contributed by atoms with Gasteiger partial charge in [-0.2, -0.15) is 0 Å². The molecular formula is C9H9INO. The highest BCUT2D eigenvalue weighted by atomic mass is 127. The van der Waals surface area contributed by atoms with Gasteiger partial charge < -0.3 is 5.73 Å². The molecule has 1 radical (unpaired) electrons. The summed E-state index contributed by atoms with van der Waals surface area (Å²) in [6.45, 7) is 0. The van der Waals surface area contributed by atoms with Crippen LogP contribution in [0.25, 0.3) is 0 Å². The highest BCUT2D eigenvalue weighted by molar-refractivity contribution is 14.1. The van der Waals surface area contributed by atoms with Crippen LogP contribution in [-0.4, -0.2) is 12.3 Å². The second kappa shape index (κ2) is 4.57. The van der Waals surface area contributed by atoms with Gasteiger partial charge in [-0.15, -0.1) is 0 Å². The van der Waals surface area contributed by atoms with Crippen molar-refractivity contribution in [2.24, 2.45) is 5.73 Å². The topological polar surface area (TPSA) is 43.1 Å². The Hall–Kier alpha value is -0.420. The summed E-state index contributed by atoms with van der Waals surface area (Å²) in [5.41, 5.74) is 6.49. The largest absolute Gasteiger partial charge is 0.321 e. The van der Waals surface area contributed by atoms with E-state index in [1.54, 1.807) is 6.29 Å². The number of nitrogens with two attached hydrogens (primary N) is 1. The minimum Gasteiger partial charge on any atom is -0.321 e. The molecular weight excluding hydrogens is 265 g/mol. The Morgan fingerprint density at radius 3 is 2.50 bits per heavy atom. The second-order valence-electron chi connectivity index (χ2n) is 2.55. The predicted molar refractivity (Wildman–Crippen MR) is 56.5 cm³/mol. The van der Waals surface area contributed by atoms with E-state index in [9.17, 15) is 4.79 Å². The molecule has 2 nitrogen and oxygen atoms in total. The summed E-state index contributed by atoms with van der Waals surface area (Å²) in [5, 5.41) is 0. The first-order valence-electron chi connectivity index (χ1n) is 3.60. The third-order valence-corrected chi connectivity index (χ3v) is 2.24. The van der Waals surface area contributed by atoms with Crippen LogP contribution in [0.15, 0.2) is 24.3 Å². The Labute approximate surface area is 85.3 Å². The molecule has 1 atom stereocenters. The lowest BCUT2D eigenvalue weighted by atomic mass is 10.1. The van der Waals surface area contributed by atoms with Gasteiger partial charge in [0.1, 0.15) is 0 Å². The molecule has 0 saturated carbocycles. The van der Waals surface area contributed by atoms with Crippen molar-refractivity contribution in [3.63, 3.8) is 0 Å². The lowest BCUT2D eigenvalue weighted by molar-refractivity contribution is 0.541. The maximum absolute atomic E-state index is 10.1. The van der Waals surface area contributed by atoms with E-state index < -0.39 is 6.04 Å². The van der Waals surface area contributed by atoms with Gasteiger partial charge in [-0.1, -0.05) is 12.1 Å². The van der Waals surface area contributed by atoms with Crippen molar-refractivity contribution in [2.45, 2.75) is 12.5 Å². The number of benzene rings is 1. The molecule has 0 spiro atoms. The molecule has 0 aromatic heterocycles. The minimum absolute atomic E-state index is 0.495. The van der Waals surface area contributed by atoms with Gasteiger partial charge in [0, 0.05) is 3.57 Å². The predicted octanol–water partition coefficient (Wildman–Crippen LogP) is 1.27. The molecule has 0 heterocycles. The smallest absolute Gasteiger partial charge is 0.217 e. The Morgan fingerprint density at radius 2 is 2.00 bits per heavy atom. The van der Waals surface area contributed by atoms with Crippen molar-refractivity contribution >= 4 is 28.9 Å². The summed E-state index contributed by atoms with van der Waals surface area (Å²) in [6.07, 6.45) is 2.32. The first kappa shape index (κ1) is 9.67. The average molecular weight is 274 g/mol. The van der Waals surface area contributed by atoms with Crippen LogP contribution < -0.4 is 5.73 Å². The molecule has 0 aliphatic carbocycles. The lowest BCUT2D eigenvalue weighted by Gasteiger charge is -2.02.